The van der Waals surface area contributed by atoms with E-state index in [2.05, 4.69) is 22.1 Å². The molecule has 1 unspecified atom stereocenters. The first-order chi connectivity index (χ1) is 14.5. The monoisotopic (exact) mass is 411 g/mol. The fourth-order valence-corrected chi connectivity index (χ4v) is 3.85. The number of likely N-dealkylation sites (N-methyl/N-ethyl adjacent to an activating group) is 1. The highest BCUT2D eigenvalue weighted by Gasteiger charge is 2.33. The molecule has 30 heavy (non-hydrogen) atoms. The quantitative estimate of drug-likeness (QED) is 0.522. The summed E-state index contributed by atoms with van der Waals surface area (Å²) in [4.78, 5) is 2.19. The summed E-state index contributed by atoms with van der Waals surface area (Å²) in [7, 11) is 3.68. The molecule has 2 aromatic rings. The standard InChI is InChI=1S/C22H25N3O5/c1-14-6-7-16(25(26)27)12-17(14)23-9-4-5-18-20-15(8-10-24(18)2)11-19-21(22(20)28-3)30-13-29-19/h6-7,11-12,18,23,25-26H,8-10,13H2,1-3H3/t18-/m1/s1. The zero-order valence-electron chi connectivity index (χ0n) is 17.2. The third kappa shape index (κ3) is 3.76. The number of benzene rings is 2. The molecule has 8 nitrogen and oxygen atoms in total. The number of nitrogens with zero attached hydrogens (tertiary/aromatic N) is 1. The predicted molar refractivity (Wildman–Crippen MR) is 111 cm³/mol. The SMILES string of the molecule is COc1c2c(cc3c1[C@@H](C#CCNc1cc([NH+]([O-])O)ccc1C)N(C)CC3)OCO2. The van der Waals surface area contributed by atoms with Crippen LogP contribution >= 0.6 is 0 Å². The summed E-state index contributed by atoms with van der Waals surface area (Å²) in [6.07, 6.45) is 0.885. The van der Waals surface area contributed by atoms with Crippen molar-refractivity contribution in [3.05, 3.63) is 46.2 Å². The van der Waals surface area contributed by atoms with Crippen molar-refractivity contribution in [2.24, 2.45) is 0 Å². The Morgan fingerprint density at radius 2 is 2.20 bits per heavy atom. The highest BCUT2D eigenvalue weighted by molar-refractivity contribution is 5.63. The minimum Gasteiger partial charge on any atom is -0.595 e. The Morgan fingerprint density at radius 3 is 2.97 bits per heavy atom. The smallest absolute Gasteiger partial charge is 0.231 e. The predicted octanol–water partition coefficient (Wildman–Crippen LogP) is 1.78. The minimum atomic E-state index is -0.949. The van der Waals surface area contributed by atoms with Gasteiger partial charge in [0, 0.05) is 29.9 Å². The number of nitrogens with one attached hydrogen (secondary N) is 2. The van der Waals surface area contributed by atoms with E-state index in [1.165, 1.54) is 0 Å². The van der Waals surface area contributed by atoms with Crippen LogP contribution in [-0.2, 0) is 6.42 Å². The molecule has 2 aromatic carbocycles. The maximum Gasteiger partial charge on any atom is 0.231 e. The first-order valence-electron chi connectivity index (χ1n) is 9.75. The average molecular weight is 411 g/mol. The van der Waals surface area contributed by atoms with Crippen molar-refractivity contribution in [2.75, 3.05) is 39.4 Å². The summed E-state index contributed by atoms with van der Waals surface area (Å²) in [6, 6.07) is 6.91. The van der Waals surface area contributed by atoms with Gasteiger partial charge in [-0.05, 0) is 37.6 Å². The number of hydrogen-bond acceptors (Lipinski definition) is 7. The van der Waals surface area contributed by atoms with Crippen molar-refractivity contribution >= 4 is 11.4 Å². The van der Waals surface area contributed by atoms with Gasteiger partial charge in [0.15, 0.2) is 17.2 Å². The molecular formula is C22H25N3O5. The molecule has 3 N–H and O–H groups in total. The van der Waals surface area contributed by atoms with Gasteiger partial charge in [-0.1, -0.05) is 17.9 Å². The third-order valence-electron chi connectivity index (χ3n) is 5.49. The van der Waals surface area contributed by atoms with Gasteiger partial charge in [-0.2, -0.15) is 5.23 Å². The summed E-state index contributed by atoms with van der Waals surface area (Å²) < 4.78 is 16.9. The van der Waals surface area contributed by atoms with Crippen LogP contribution in [0.5, 0.6) is 17.2 Å². The molecule has 158 valence electrons. The van der Waals surface area contributed by atoms with Crippen LogP contribution in [-0.4, -0.2) is 44.1 Å². The summed E-state index contributed by atoms with van der Waals surface area (Å²) in [5.41, 5.74) is 4.16. The van der Waals surface area contributed by atoms with Gasteiger partial charge in [-0.15, -0.1) is 0 Å². The van der Waals surface area contributed by atoms with E-state index in [-0.39, 0.29) is 18.5 Å². The summed E-state index contributed by atoms with van der Waals surface area (Å²) in [6.45, 7) is 3.40. The van der Waals surface area contributed by atoms with Crippen LogP contribution in [0.2, 0.25) is 0 Å². The molecule has 0 aromatic heterocycles. The summed E-state index contributed by atoms with van der Waals surface area (Å²) >= 11 is 0. The molecule has 0 amide bonds. The number of fused-ring (bicyclic) bond motifs is 2. The van der Waals surface area contributed by atoms with Gasteiger partial charge in [-0.3, -0.25) is 4.90 Å². The van der Waals surface area contributed by atoms with E-state index < -0.39 is 5.23 Å². The average Bonchev–Trinajstić information content (AvgIpc) is 3.20. The fraction of sp³-hybridized carbons (Fsp3) is 0.364. The van der Waals surface area contributed by atoms with Crippen LogP contribution in [0, 0.1) is 24.0 Å². The molecule has 2 heterocycles. The number of anilines is 1. The molecule has 0 aliphatic carbocycles. The van der Waals surface area contributed by atoms with E-state index in [0.717, 1.165) is 41.1 Å². The maximum atomic E-state index is 11.2. The number of methoxy groups -OCH3 is 1. The molecule has 2 atom stereocenters. The van der Waals surface area contributed by atoms with Crippen molar-refractivity contribution in [3.63, 3.8) is 0 Å². The van der Waals surface area contributed by atoms with E-state index >= 15 is 0 Å². The van der Waals surface area contributed by atoms with Gasteiger partial charge >= 0.3 is 0 Å². The van der Waals surface area contributed by atoms with Gasteiger partial charge in [0.2, 0.25) is 12.5 Å². The molecule has 0 saturated heterocycles. The van der Waals surface area contributed by atoms with Gasteiger partial charge < -0.3 is 24.7 Å². The fourth-order valence-electron chi connectivity index (χ4n) is 3.85. The second kappa shape index (κ2) is 8.42. The van der Waals surface area contributed by atoms with Crippen LogP contribution in [0.4, 0.5) is 11.4 Å². The topological polar surface area (TPSA) is 90.7 Å². The minimum absolute atomic E-state index is 0.133. The number of hydrogen-bond donors (Lipinski definition) is 3. The maximum absolute atomic E-state index is 11.2. The van der Waals surface area contributed by atoms with Crippen LogP contribution < -0.4 is 24.8 Å². The lowest BCUT2D eigenvalue weighted by atomic mass is 9.91. The van der Waals surface area contributed by atoms with Crippen LogP contribution in [0.3, 0.4) is 0 Å². The first-order valence-corrected chi connectivity index (χ1v) is 9.75. The van der Waals surface area contributed by atoms with Gasteiger partial charge in [0.05, 0.1) is 13.7 Å². The van der Waals surface area contributed by atoms with Crippen molar-refractivity contribution in [3.8, 4) is 29.1 Å². The second-order valence-electron chi connectivity index (χ2n) is 7.36. The van der Waals surface area contributed by atoms with E-state index in [1.54, 1.807) is 25.3 Å². The molecule has 2 aliphatic heterocycles. The Morgan fingerprint density at radius 1 is 1.37 bits per heavy atom. The lowest BCUT2D eigenvalue weighted by Gasteiger charge is -2.32. The highest BCUT2D eigenvalue weighted by atomic mass is 16.8. The summed E-state index contributed by atoms with van der Waals surface area (Å²) in [5.74, 6) is 8.57. The van der Waals surface area contributed by atoms with E-state index in [4.69, 9.17) is 14.2 Å². The molecule has 0 fully saturated rings. The molecule has 8 heteroatoms. The van der Waals surface area contributed by atoms with Gasteiger partial charge in [0.1, 0.15) is 6.04 Å². The lowest BCUT2D eigenvalue weighted by Crippen LogP contribution is -2.99. The highest BCUT2D eigenvalue weighted by Crippen LogP contribution is 2.49. The Labute approximate surface area is 175 Å². The van der Waals surface area contributed by atoms with Crippen molar-refractivity contribution in [2.45, 2.75) is 19.4 Å². The number of quaternary nitrogens is 1. The lowest BCUT2D eigenvalue weighted by molar-refractivity contribution is -0.991. The van der Waals surface area contributed by atoms with Crippen molar-refractivity contribution in [1.82, 2.24) is 4.90 Å². The van der Waals surface area contributed by atoms with Crippen LogP contribution in [0.25, 0.3) is 0 Å². The largest absolute Gasteiger partial charge is 0.595 e. The van der Waals surface area contributed by atoms with E-state index in [9.17, 15) is 10.4 Å². The van der Waals surface area contributed by atoms with Gasteiger partial charge in [-0.25, -0.2) is 5.21 Å². The molecular weight excluding hydrogens is 386 g/mol. The Balaban J connectivity index is 1.57. The third-order valence-corrected chi connectivity index (χ3v) is 5.49. The summed E-state index contributed by atoms with van der Waals surface area (Å²) in [5, 5.41) is 22.7. The molecule has 0 radical (unpaired) electrons. The Hall–Kier alpha value is -2.96. The molecule has 0 saturated carbocycles. The Kier molecular flexibility index (Phi) is 5.70. The molecule has 0 bridgehead atoms. The zero-order chi connectivity index (χ0) is 21.3. The van der Waals surface area contributed by atoms with Crippen LogP contribution in [0.15, 0.2) is 24.3 Å². The molecule has 0 spiro atoms. The van der Waals surface area contributed by atoms with Gasteiger partial charge in [0.25, 0.3) is 0 Å². The van der Waals surface area contributed by atoms with Crippen LogP contribution in [0.1, 0.15) is 22.7 Å². The number of aryl methyl sites for hydroxylation is 1. The zero-order valence-corrected chi connectivity index (χ0v) is 17.2. The van der Waals surface area contributed by atoms with Crippen molar-refractivity contribution in [1.29, 1.82) is 0 Å². The molecule has 4 rings (SSSR count). The van der Waals surface area contributed by atoms with Crippen molar-refractivity contribution < 1.29 is 24.6 Å². The number of ether oxygens (including phenoxy) is 3. The molecule has 2 aliphatic rings. The van der Waals surface area contributed by atoms with E-state index in [1.807, 2.05) is 20.0 Å². The first kappa shape index (κ1) is 20.3. The van der Waals surface area contributed by atoms with E-state index in [0.29, 0.717) is 18.0 Å². The normalized spacial score (nSPS) is 18.2. The number of rotatable bonds is 4. The second-order valence-corrected chi connectivity index (χ2v) is 7.36. The Bertz CT molecular complexity index is 1010.